The van der Waals surface area contributed by atoms with E-state index in [4.69, 9.17) is 0 Å². The number of nitrogens with zero attached hydrogens (tertiary/aromatic N) is 6. The molecule has 0 aliphatic heterocycles. The third kappa shape index (κ3) is 2.31. The van der Waals surface area contributed by atoms with Crippen LogP contribution in [0, 0.1) is 6.92 Å². The molecule has 7 nitrogen and oxygen atoms in total. The molecule has 0 radical (unpaired) electrons. The molecule has 24 heavy (non-hydrogen) atoms. The molecule has 0 fully saturated rings. The molecule has 0 saturated carbocycles. The lowest BCUT2D eigenvalue weighted by Gasteiger charge is -2.15. The predicted molar refractivity (Wildman–Crippen MR) is 92.5 cm³/mol. The predicted octanol–water partition coefficient (Wildman–Crippen LogP) is 2.71. The molecule has 8 heteroatoms. The van der Waals surface area contributed by atoms with Crippen molar-refractivity contribution in [3.63, 3.8) is 0 Å². The van der Waals surface area contributed by atoms with E-state index in [1.807, 2.05) is 44.2 Å². The first-order valence-corrected chi connectivity index (χ1v) is 8.35. The van der Waals surface area contributed by atoms with Crippen molar-refractivity contribution in [2.45, 2.75) is 13.8 Å². The summed E-state index contributed by atoms with van der Waals surface area (Å²) in [6.07, 6.45) is 1.65. The number of benzene rings is 1. The van der Waals surface area contributed by atoms with E-state index in [2.05, 4.69) is 20.1 Å². The van der Waals surface area contributed by atoms with Crippen LogP contribution < -0.4 is 4.90 Å². The zero-order valence-electron chi connectivity index (χ0n) is 13.2. The van der Waals surface area contributed by atoms with Gasteiger partial charge in [0, 0.05) is 18.4 Å². The highest BCUT2D eigenvalue weighted by Crippen LogP contribution is 2.29. The summed E-state index contributed by atoms with van der Waals surface area (Å²) in [6.45, 7) is 4.28. The van der Waals surface area contributed by atoms with Gasteiger partial charge in [-0.2, -0.15) is 4.98 Å². The van der Waals surface area contributed by atoms with Gasteiger partial charge in [-0.1, -0.05) is 23.5 Å². The molecule has 3 heterocycles. The Hall–Kier alpha value is -2.87. The molecule has 0 bridgehead atoms. The van der Waals surface area contributed by atoms with E-state index < -0.39 is 0 Å². The van der Waals surface area contributed by atoms with Crippen molar-refractivity contribution in [3.8, 4) is 0 Å². The van der Waals surface area contributed by atoms with Crippen LogP contribution >= 0.6 is 11.3 Å². The van der Waals surface area contributed by atoms with Crippen LogP contribution in [0.15, 0.2) is 36.5 Å². The fourth-order valence-corrected chi connectivity index (χ4v) is 3.49. The van der Waals surface area contributed by atoms with Crippen molar-refractivity contribution < 1.29 is 4.79 Å². The molecule has 3 aromatic heterocycles. The van der Waals surface area contributed by atoms with Gasteiger partial charge in [-0.05, 0) is 32.0 Å². The Kier molecular flexibility index (Phi) is 3.46. The lowest BCUT2D eigenvalue weighted by Crippen LogP contribution is -2.31. The number of amides is 1. The van der Waals surface area contributed by atoms with E-state index in [0.29, 0.717) is 17.5 Å². The fraction of sp³-hybridized carbons (Fsp3) is 0.188. The summed E-state index contributed by atoms with van der Waals surface area (Å²) in [5.41, 5.74) is 1.75. The van der Waals surface area contributed by atoms with Crippen LogP contribution in [0.3, 0.4) is 0 Å². The summed E-state index contributed by atoms with van der Waals surface area (Å²) in [4.78, 5) is 27.4. The van der Waals surface area contributed by atoms with Gasteiger partial charge in [0.2, 0.25) is 5.82 Å². The molecule has 0 unspecified atom stereocenters. The van der Waals surface area contributed by atoms with Crippen LogP contribution in [0.4, 0.5) is 5.13 Å². The van der Waals surface area contributed by atoms with E-state index in [1.54, 1.807) is 15.6 Å². The molecular weight excluding hydrogens is 324 g/mol. The second-order valence-corrected chi connectivity index (χ2v) is 6.26. The average molecular weight is 338 g/mol. The summed E-state index contributed by atoms with van der Waals surface area (Å²) < 4.78 is 2.61. The van der Waals surface area contributed by atoms with Crippen LogP contribution in [0.2, 0.25) is 0 Å². The van der Waals surface area contributed by atoms with Crippen molar-refractivity contribution in [3.05, 3.63) is 48.0 Å². The van der Waals surface area contributed by atoms with Gasteiger partial charge in [0.25, 0.3) is 11.7 Å². The van der Waals surface area contributed by atoms with E-state index in [0.717, 1.165) is 15.9 Å². The first kappa shape index (κ1) is 14.7. The number of aromatic nitrogens is 5. The monoisotopic (exact) mass is 338 g/mol. The summed E-state index contributed by atoms with van der Waals surface area (Å²) in [5.74, 6) is 0.262. The quantitative estimate of drug-likeness (QED) is 0.574. The summed E-state index contributed by atoms with van der Waals surface area (Å²) in [5, 5.41) is 4.93. The Balaban J connectivity index is 1.75. The third-order valence-electron chi connectivity index (χ3n) is 3.70. The van der Waals surface area contributed by atoms with Crippen LogP contribution in [-0.2, 0) is 0 Å². The molecule has 1 amide bonds. The molecule has 4 aromatic rings. The number of hydrogen-bond acceptors (Lipinski definition) is 6. The normalized spacial score (nSPS) is 11.2. The maximum atomic E-state index is 12.9. The number of para-hydroxylation sites is 1. The van der Waals surface area contributed by atoms with Crippen molar-refractivity contribution >= 4 is 38.4 Å². The molecule has 0 aliphatic rings. The van der Waals surface area contributed by atoms with E-state index in [9.17, 15) is 4.79 Å². The summed E-state index contributed by atoms with van der Waals surface area (Å²) in [6, 6.07) is 9.64. The van der Waals surface area contributed by atoms with Crippen molar-refractivity contribution in [1.82, 2.24) is 24.6 Å². The van der Waals surface area contributed by atoms with E-state index in [1.165, 1.54) is 11.3 Å². The molecule has 0 aliphatic carbocycles. The van der Waals surface area contributed by atoms with Gasteiger partial charge in [-0.25, -0.2) is 14.5 Å². The third-order valence-corrected chi connectivity index (χ3v) is 4.76. The Bertz CT molecular complexity index is 1020. The molecule has 0 N–H and O–H groups in total. The molecular formula is C16H14N6OS. The second kappa shape index (κ2) is 5.64. The van der Waals surface area contributed by atoms with Crippen molar-refractivity contribution in [1.29, 1.82) is 0 Å². The lowest BCUT2D eigenvalue weighted by atomic mass is 10.3. The van der Waals surface area contributed by atoms with Crippen LogP contribution in [0.25, 0.3) is 16.0 Å². The first-order chi connectivity index (χ1) is 11.7. The summed E-state index contributed by atoms with van der Waals surface area (Å²) in [7, 11) is 0. The van der Waals surface area contributed by atoms with E-state index in [-0.39, 0.29) is 11.7 Å². The standard InChI is InChI=1S/C16H14N6OS/c1-3-21(16-18-11-6-4-5-7-12(11)24-16)14(23)13-19-15-17-9-8-10(2)22(15)20-13/h4-9H,3H2,1-2H3. The largest absolute Gasteiger partial charge is 0.299 e. The van der Waals surface area contributed by atoms with Crippen LogP contribution in [-0.4, -0.2) is 37.0 Å². The number of rotatable bonds is 3. The minimum Gasteiger partial charge on any atom is -0.281 e. The molecule has 1 aromatic carbocycles. The van der Waals surface area contributed by atoms with Gasteiger partial charge in [0.15, 0.2) is 5.13 Å². The van der Waals surface area contributed by atoms with Gasteiger partial charge in [0.1, 0.15) is 0 Å². The molecule has 0 saturated heterocycles. The van der Waals surface area contributed by atoms with E-state index >= 15 is 0 Å². The number of thiazole rings is 1. The topological polar surface area (TPSA) is 76.3 Å². The van der Waals surface area contributed by atoms with Gasteiger partial charge in [-0.3, -0.25) is 9.69 Å². The maximum absolute atomic E-state index is 12.9. The zero-order valence-corrected chi connectivity index (χ0v) is 14.0. The molecule has 4 rings (SSSR count). The van der Waals surface area contributed by atoms with Crippen molar-refractivity contribution in [2.24, 2.45) is 0 Å². The highest BCUT2D eigenvalue weighted by atomic mass is 32.1. The number of anilines is 1. The smallest absolute Gasteiger partial charge is 0.281 e. The number of carbonyl (C=O) groups excluding carboxylic acids is 1. The van der Waals surface area contributed by atoms with Gasteiger partial charge in [-0.15, -0.1) is 5.10 Å². The number of carbonyl (C=O) groups is 1. The molecule has 0 spiro atoms. The SMILES string of the molecule is CCN(C(=O)c1nc2nccc(C)n2n1)c1nc2ccccc2s1. The highest BCUT2D eigenvalue weighted by molar-refractivity contribution is 7.22. The van der Waals surface area contributed by atoms with Crippen LogP contribution in [0.5, 0.6) is 0 Å². The maximum Gasteiger partial charge on any atom is 0.299 e. The number of fused-ring (bicyclic) bond motifs is 2. The first-order valence-electron chi connectivity index (χ1n) is 7.53. The Morgan fingerprint density at radius 1 is 1.25 bits per heavy atom. The van der Waals surface area contributed by atoms with Gasteiger partial charge < -0.3 is 0 Å². The summed E-state index contributed by atoms with van der Waals surface area (Å²) >= 11 is 1.48. The van der Waals surface area contributed by atoms with Crippen molar-refractivity contribution in [2.75, 3.05) is 11.4 Å². The average Bonchev–Trinajstić information content (AvgIpc) is 3.19. The Labute approximate surface area is 141 Å². The highest BCUT2D eigenvalue weighted by Gasteiger charge is 2.24. The van der Waals surface area contributed by atoms with Gasteiger partial charge >= 0.3 is 0 Å². The minimum absolute atomic E-state index is 0.123. The number of aryl methyl sites for hydroxylation is 1. The lowest BCUT2D eigenvalue weighted by molar-refractivity contribution is 0.0978. The molecule has 120 valence electrons. The number of hydrogen-bond donors (Lipinski definition) is 0. The zero-order chi connectivity index (χ0) is 16.7. The Morgan fingerprint density at radius 3 is 2.83 bits per heavy atom. The Morgan fingerprint density at radius 2 is 2.08 bits per heavy atom. The minimum atomic E-state index is -0.276. The van der Waals surface area contributed by atoms with Gasteiger partial charge in [0.05, 0.1) is 10.2 Å². The second-order valence-electron chi connectivity index (χ2n) is 5.25. The molecule has 0 atom stereocenters. The van der Waals surface area contributed by atoms with Crippen LogP contribution in [0.1, 0.15) is 23.2 Å². The fourth-order valence-electron chi connectivity index (χ4n) is 2.46.